The zero-order valence-corrected chi connectivity index (χ0v) is 15.3. The van der Waals surface area contributed by atoms with Crippen molar-refractivity contribution < 1.29 is 22.3 Å². The molecule has 0 spiro atoms. The van der Waals surface area contributed by atoms with Crippen LogP contribution >= 0.6 is 12.2 Å². The largest absolute Gasteiger partial charge is 0.497 e. The number of anilines is 2. The average Bonchev–Trinajstić information content (AvgIpc) is 3.11. The lowest BCUT2D eigenvalue weighted by atomic mass is 10.2. The molecule has 0 saturated heterocycles. The minimum Gasteiger partial charge on any atom is -0.497 e. The molecule has 2 N–H and O–H groups in total. The van der Waals surface area contributed by atoms with Gasteiger partial charge in [-0.1, -0.05) is 0 Å². The zero-order valence-electron chi connectivity index (χ0n) is 14.5. The molecule has 146 valence electrons. The Hall–Kier alpha value is -3.14. The lowest BCUT2D eigenvalue weighted by molar-refractivity contribution is 0.415. The fourth-order valence-electron chi connectivity index (χ4n) is 2.39. The second-order valence-corrected chi connectivity index (χ2v) is 6.06. The number of rotatable bonds is 5. The summed E-state index contributed by atoms with van der Waals surface area (Å²) < 4.78 is 60.3. The van der Waals surface area contributed by atoms with Crippen molar-refractivity contribution in [2.75, 3.05) is 17.7 Å². The van der Waals surface area contributed by atoms with Crippen LogP contribution < -0.4 is 15.4 Å². The maximum atomic E-state index is 13.8. The maximum absolute atomic E-state index is 13.8. The molecule has 1 aromatic heterocycles. The molecule has 1 heterocycles. The van der Waals surface area contributed by atoms with Gasteiger partial charge >= 0.3 is 0 Å². The summed E-state index contributed by atoms with van der Waals surface area (Å²) in [6.45, 7) is -0.493. The highest BCUT2D eigenvalue weighted by molar-refractivity contribution is 7.80. The summed E-state index contributed by atoms with van der Waals surface area (Å²) in [5, 5.41) is 9.99. The predicted molar refractivity (Wildman–Crippen MR) is 100 cm³/mol. The summed E-state index contributed by atoms with van der Waals surface area (Å²) in [5.41, 5.74) is -0.0526. The summed E-state index contributed by atoms with van der Waals surface area (Å²) in [5.74, 6) is -4.88. The first-order chi connectivity index (χ1) is 13.4. The Balaban J connectivity index is 1.66. The highest BCUT2D eigenvalue weighted by Gasteiger charge is 2.19. The van der Waals surface area contributed by atoms with Gasteiger partial charge in [-0.15, -0.1) is 0 Å². The molecule has 0 atom stereocenters. The SMILES string of the molecule is COc1ccc(NC(=S)Nc2ccn(Cc3c(F)c(F)cc(F)c3F)n2)cc1. The number of ether oxygens (including phenoxy) is 1. The van der Waals surface area contributed by atoms with E-state index < -0.39 is 35.4 Å². The van der Waals surface area contributed by atoms with Crippen molar-refractivity contribution in [3.8, 4) is 5.75 Å². The average molecular weight is 410 g/mol. The van der Waals surface area contributed by atoms with E-state index in [0.29, 0.717) is 11.4 Å². The van der Waals surface area contributed by atoms with Crippen LogP contribution in [-0.4, -0.2) is 22.0 Å². The van der Waals surface area contributed by atoms with E-state index in [1.165, 1.54) is 12.3 Å². The molecule has 2 aromatic carbocycles. The molecule has 28 heavy (non-hydrogen) atoms. The van der Waals surface area contributed by atoms with Crippen LogP contribution in [0, 0.1) is 23.3 Å². The van der Waals surface area contributed by atoms with Crippen molar-refractivity contribution in [2.45, 2.75) is 6.54 Å². The van der Waals surface area contributed by atoms with Gasteiger partial charge in [-0.25, -0.2) is 17.6 Å². The number of nitrogens with zero attached hydrogens (tertiary/aromatic N) is 2. The van der Waals surface area contributed by atoms with Gasteiger partial charge in [0, 0.05) is 24.0 Å². The van der Waals surface area contributed by atoms with Gasteiger partial charge in [0.15, 0.2) is 34.2 Å². The first kappa shape index (κ1) is 19.6. The van der Waals surface area contributed by atoms with E-state index in [0.717, 1.165) is 4.68 Å². The van der Waals surface area contributed by atoms with Crippen molar-refractivity contribution >= 4 is 28.8 Å². The molecular weight excluding hydrogens is 396 g/mol. The van der Waals surface area contributed by atoms with Gasteiger partial charge in [0.05, 0.1) is 19.2 Å². The Labute approximate surface area is 162 Å². The number of halogens is 4. The predicted octanol–water partition coefficient (Wildman–Crippen LogP) is 4.31. The van der Waals surface area contributed by atoms with Crippen LogP contribution in [0.25, 0.3) is 0 Å². The summed E-state index contributed by atoms with van der Waals surface area (Å²) in [4.78, 5) is 0. The van der Waals surface area contributed by atoms with Crippen LogP contribution in [0.5, 0.6) is 5.75 Å². The first-order valence-corrected chi connectivity index (χ1v) is 8.35. The van der Waals surface area contributed by atoms with Crippen LogP contribution in [0.1, 0.15) is 5.56 Å². The van der Waals surface area contributed by atoms with Crippen molar-refractivity contribution in [2.24, 2.45) is 0 Å². The van der Waals surface area contributed by atoms with Gasteiger partial charge in [-0.3, -0.25) is 4.68 Å². The molecular formula is C18H14F4N4OS. The molecule has 3 rings (SSSR count). The summed E-state index contributed by atoms with van der Waals surface area (Å²) in [7, 11) is 1.56. The third-order valence-electron chi connectivity index (χ3n) is 3.75. The Morgan fingerprint density at radius 2 is 1.68 bits per heavy atom. The topological polar surface area (TPSA) is 51.1 Å². The standard InChI is InChI=1S/C18H14F4N4OS/c1-27-11-4-2-10(3-5-11)23-18(28)24-15-6-7-26(25-15)9-12-16(21)13(19)8-14(20)17(12)22/h2-8H,9H2,1H3,(H2,23,24,25,28). The third kappa shape index (κ3) is 4.39. The number of aromatic nitrogens is 2. The Bertz CT molecular complexity index is 981. The Morgan fingerprint density at radius 3 is 2.29 bits per heavy atom. The molecule has 0 aliphatic rings. The smallest absolute Gasteiger partial charge is 0.176 e. The van der Waals surface area contributed by atoms with E-state index in [2.05, 4.69) is 15.7 Å². The van der Waals surface area contributed by atoms with E-state index in [-0.39, 0.29) is 17.0 Å². The van der Waals surface area contributed by atoms with Crippen molar-refractivity contribution in [1.29, 1.82) is 0 Å². The van der Waals surface area contributed by atoms with Crippen molar-refractivity contribution in [1.82, 2.24) is 9.78 Å². The van der Waals surface area contributed by atoms with Gasteiger partial charge < -0.3 is 15.4 Å². The molecule has 10 heteroatoms. The van der Waals surface area contributed by atoms with Crippen LogP contribution in [0.2, 0.25) is 0 Å². The molecule has 5 nitrogen and oxygen atoms in total. The fourth-order valence-corrected chi connectivity index (χ4v) is 2.62. The fraction of sp³-hybridized carbons (Fsp3) is 0.111. The van der Waals surface area contributed by atoms with E-state index in [1.807, 2.05) is 0 Å². The van der Waals surface area contributed by atoms with Gasteiger partial charge in [0.1, 0.15) is 5.75 Å². The van der Waals surface area contributed by atoms with Gasteiger partial charge in [-0.2, -0.15) is 5.10 Å². The summed E-state index contributed by atoms with van der Waals surface area (Å²) in [6.07, 6.45) is 1.39. The Kier molecular flexibility index (Phi) is 5.78. The molecule has 0 saturated carbocycles. The monoisotopic (exact) mass is 410 g/mol. The van der Waals surface area contributed by atoms with Gasteiger partial charge in [-0.05, 0) is 36.5 Å². The number of thiocarbonyl (C=S) groups is 1. The summed E-state index contributed by atoms with van der Waals surface area (Å²) >= 11 is 5.17. The lowest BCUT2D eigenvalue weighted by Crippen LogP contribution is -2.19. The quantitative estimate of drug-likeness (QED) is 0.373. The minimum absolute atomic E-state index is 0.160. The van der Waals surface area contributed by atoms with E-state index in [9.17, 15) is 17.6 Å². The molecule has 0 unspecified atom stereocenters. The van der Waals surface area contributed by atoms with Crippen LogP contribution in [0.4, 0.5) is 29.1 Å². The van der Waals surface area contributed by atoms with Crippen LogP contribution in [-0.2, 0) is 6.54 Å². The molecule has 0 amide bonds. The number of hydrogen-bond acceptors (Lipinski definition) is 3. The van der Waals surface area contributed by atoms with Crippen LogP contribution in [0.15, 0.2) is 42.6 Å². The molecule has 0 aliphatic heterocycles. The van der Waals surface area contributed by atoms with Gasteiger partial charge in [0.25, 0.3) is 0 Å². The second kappa shape index (κ2) is 8.26. The number of hydrogen-bond donors (Lipinski definition) is 2. The lowest BCUT2D eigenvalue weighted by Gasteiger charge is -2.09. The number of methoxy groups -OCH3 is 1. The number of nitrogens with one attached hydrogen (secondary N) is 2. The maximum Gasteiger partial charge on any atom is 0.176 e. The van der Waals surface area contributed by atoms with E-state index in [1.54, 1.807) is 31.4 Å². The highest BCUT2D eigenvalue weighted by Crippen LogP contribution is 2.20. The number of benzene rings is 2. The highest BCUT2D eigenvalue weighted by atomic mass is 32.1. The third-order valence-corrected chi connectivity index (χ3v) is 3.96. The van der Waals surface area contributed by atoms with E-state index >= 15 is 0 Å². The second-order valence-electron chi connectivity index (χ2n) is 5.65. The molecule has 0 aliphatic carbocycles. The first-order valence-electron chi connectivity index (χ1n) is 7.94. The normalized spacial score (nSPS) is 10.6. The zero-order chi connectivity index (χ0) is 20.3. The van der Waals surface area contributed by atoms with Gasteiger partial charge in [0.2, 0.25) is 0 Å². The molecule has 0 bridgehead atoms. The molecule has 0 fully saturated rings. The Morgan fingerprint density at radius 1 is 1.04 bits per heavy atom. The van der Waals surface area contributed by atoms with E-state index in [4.69, 9.17) is 17.0 Å². The summed E-state index contributed by atoms with van der Waals surface area (Å²) in [6, 6.07) is 8.67. The van der Waals surface area contributed by atoms with Crippen molar-refractivity contribution in [3.05, 3.63) is 71.4 Å². The molecule has 3 aromatic rings. The minimum atomic E-state index is -1.47. The van der Waals surface area contributed by atoms with Crippen LogP contribution in [0.3, 0.4) is 0 Å². The van der Waals surface area contributed by atoms with Crippen molar-refractivity contribution in [3.63, 3.8) is 0 Å². The molecule has 0 radical (unpaired) electrons.